The van der Waals surface area contributed by atoms with Gasteiger partial charge in [-0.2, -0.15) is 5.10 Å². The van der Waals surface area contributed by atoms with Crippen molar-refractivity contribution in [2.24, 2.45) is 0 Å². The zero-order valence-electron chi connectivity index (χ0n) is 17.4. The van der Waals surface area contributed by atoms with Gasteiger partial charge in [0.15, 0.2) is 0 Å². The highest BCUT2D eigenvalue weighted by Crippen LogP contribution is 2.24. The van der Waals surface area contributed by atoms with Crippen molar-refractivity contribution in [3.63, 3.8) is 0 Å². The van der Waals surface area contributed by atoms with Crippen LogP contribution in [0, 0.1) is 0 Å². The first-order valence-electron chi connectivity index (χ1n) is 10.3. The van der Waals surface area contributed by atoms with Gasteiger partial charge in [0.2, 0.25) is 0 Å². The Morgan fingerprint density at radius 2 is 1.65 bits per heavy atom. The molecule has 0 bridgehead atoms. The van der Waals surface area contributed by atoms with E-state index >= 15 is 0 Å². The van der Waals surface area contributed by atoms with Crippen LogP contribution < -0.4 is 10.1 Å². The van der Waals surface area contributed by atoms with Crippen LogP contribution in [0.15, 0.2) is 85.1 Å². The fourth-order valence-corrected chi connectivity index (χ4v) is 3.33. The normalized spacial score (nSPS) is 11.8. The predicted octanol–water partition coefficient (Wildman–Crippen LogP) is 5.45. The molecule has 4 rings (SSSR count). The molecule has 31 heavy (non-hydrogen) atoms. The average molecular weight is 415 g/mol. The second kappa shape index (κ2) is 9.80. The molecular formula is C25H25N3O3. The van der Waals surface area contributed by atoms with Crippen LogP contribution in [0.5, 0.6) is 5.75 Å². The van der Waals surface area contributed by atoms with Crippen molar-refractivity contribution in [3.05, 3.63) is 96.2 Å². The minimum absolute atomic E-state index is 0.223. The van der Waals surface area contributed by atoms with Gasteiger partial charge in [-0.25, -0.2) is 9.48 Å². The molecule has 0 unspecified atom stereocenters. The van der Waals surface area contributed by atoms with Crippen LogP contribution in [0.25, 0.3) is 10.9 Å². The van der Waals surface area contributed by atoms with Crippen LogP contribution in [0.2, 0.25) is 0 Å². The molecule has 0 aliphatic heterocycles. The number of rotatable bonds is 8. The number of carbonyl (C=O) groups excluding carboxylic acids is 1. The summed E-state index contributed by atoms with van der Waals surface area (Å²) in [6.45, 7) is 2.70. The fraction of sp³-hybridized carbons (Fsp3) is 0.200. The van der Waals surface area contributed by atoms with E-state index in [1.165, 1.54) is 0 Å². The number of aromatic nitrogens is 2. The lowest BCUT2D eigenvalue weighted by Gasteiger charge is -2.18. The van der Waals surface area contributed by atoms with Crippen molar-refractivity contribution in [2.75, 3.05) is 0 Å². The zero-order chi connectivity index (χ0) is 21.5. The highest BCUT2D eigenvalue weighted by molar-refractivity contribution is 5.80. The molecule has 0 radical (unpaired) electrons. The van der Waals surface area contributed by atoms with Crippen molar-refractivity contribution in [1.29, 1.82) is 0 Å². The molecule has 6 heteroatoms. The van der Waals surface area contributed by atoms with Gasteiger partial charge in [-0.05, 0) is 29.7 Å². The number of hydrogen-bond donors (Lipinski definition) is 1. The average Bonchev–Trinajstić information content (AvgIpc) is 3.24. The van der Waals surface area contributed by atoms with E-state index in [1.54, 1.807) is 10.9 Å². The van der Waals surface area contributed by atoms with E-state index in [2.05, 4.69) is 10.4 Å². The number of fused-ring (bicyclic) bond motifs is 1. The highest BCUT2D eigenvalue weighted by atomic mass is 16.5. The summed E-state index contributed by atoms with van der Waals surface area (Å²) in [4.78, 5) is 12.3. The third-order valence-corrected chi connectivity index (χ3v) is 5.00. The Kier molecular flexibility index (Phi) is 6.47. The standard InChI is InChI=1S/C25H25N3O3/c1-2-24(27-25(29)31-18-20-11-7-4-8-12-20)28-23-15-22(14-13-21(23)16-26-28)30-17-19-9-5-3-6-10-19/h3-16,24H,2,17-18H2,1H3,(H,27,29)/t24-/m0/s1. The summed E-state index contributed by atoms with van der Waals surface area (Å²) in [5, 5.41) is 8.37. The maximum absolute atomic E-state index is 12.3. The lowest BCUT2D eigenvalue weighted by Crippen LogP contribution is -2.33. The molecule has 4 aromatic rings. The van der Waals surface area contributed by atoms with E-state index in [0.29, 0.717) is 13.0 Å². The third-order valence-electron chi connectivity index (χ3n) is 5.00. The van der Waals surface area contributed by atoms with Crippen LogP contribution in [-0.2, 0) is 18.0 Å². The van der Waals surface area contributed by atoms with Gasteiger partial charge in [0.1, 0.15) is 25.1 Å². The monoisotopic (exact) mass is 415 g/mol. The second-order valence-corrected chi connectivity index (χ2v) is 7.21. The minimum Gasteiger partial charge on any atom is -0.489 e. The number of nitrogens with one attached hydrogen (secondary N) is 1. The molecule has 1 heterocycles. The first-order chi connectivity index (χ1) is 15.2. The predicted molar refractivity (Wildman–Crippen MR) is 120 cm³/mol. The van der Waals surface area contributed by atoms with Crippen LogP contribution >= 0.6 is 0 Å². The van der Waals surface area contributed by atoms with Crippen molar-refractivity contribution in [3.8, 4) is 5.75 Å². The first kappa shape index (κ1) is 20.5. The van der Waals surface area contributed by atoms with Gasteiger partial charge < -0.3 is 9.47 Å². The number of ether oxygens (including phenoxy) is 2. The largest absolute Gasteiger partial charge is 0.489 e. The molecular weight excluding hydrogens is 390 g/mol. The molecule has 0 aliphatic rings. The molecule has 1 aromatic heterocycles. The van der Waals surface area contributed by atoms with Crippen LogP contribution in [0.1, 0.15) is 30.6 Å². The fourth-order valence-electron chi connectivity index (χ4n) is 3.33. The number of benzene rings is 3. The van der Waals surface area contributed by atoms with E-state index in [1.807, 2.05) is 85.8 Å². The Hall–Kier alpha value is -3.80. The third kappa shape index (κ3) is 5.22. The van der Waals surface area contributed by atoms with Gasteiger partial charge in [-0.15, -0.1) is 0 Å². The van der Waals surface area contributed by atoms with E-state index < -0.39 is 6.09 Å². The molecule has 0 aliphatic carbocycles. The molecule has 1 atom stereocenters. The first-order valence-corrected chi connectivity index (χ1v) is 10.3. The second-order valence-electron chi connectivity index (χ2n) is 7.21. The van der Waals surface area contributed by atoms with Gasteiger partial charge in [0.25, 0.3) is 0 Å². The molecule has 0 fully saturated rings. The zero-order valence-corrected chi connectivity index (χ0v) is 17.4. The summed E-state index contributed by atoms with van der Waals surface area (Å²) in [6, 6.07) is 25.5. The Morgan fingerprint density at radius 3 is 2.32 bits per heavy atom. The van der Waals surface area contributed by atoms with E-state index in [9.17, 15) is 4.79 Å². The lowest BCUT2D eigenvalue weighted by molar-refractivity contribution is 0.130. The maximum Gasteiger partial charge on any atom is 0.409 e. The van der Waals surface area contributed by atoms with Gasteiger partial charge in [0, 0.05) is 11.5 Å². The van der Waals surface area contributed by atoms with Crippen molar-refractivity contribution >= 4 is 17.0 Å². The Labute approximate surface area is 181 Å². The molecule has 0 saturated carbocycles. The molecule has 3 aromatic carbocycles. The molecule has 1 N–H and O–H groups in total. The molecule has 158 valence electrons. The SMILES string of the molecule is CC[C@@H](NC(=O)OCc1ccccc1)n1ncc2ccc(OCc3ccccc3)cc21. The van der Waals surface area contributed by atoms with E-state index in [4.69, 9.17) is 9.47 Å². The summed E-state index contributed by atoms with van der Waals surface area (Å²) in [7, 11) is 0. The lowest BCUT2D eigenvalue weighted by atomic mass is 10.2. The summed E-state index contributed by atoms with van der Waals surface area (Å²) in [5.74, 6) is 0.750. The minimum atomic E-state index is -0.476. The number of hydrogen-bond acceptors (Lipinski definition) is 4. The van der Waals surface area contributed by atoms with Crippen molar-refractivity contribution in [2.45, 2.75) is 32.7 Å². The van der Waals surface area contributed by atoms with Crippen LogP contribution in [-0.4, -0.2) is 15.9 Å². The Balaban J connectivity index is 1.44. The molecule has 0 spiro atoms. The summed E-state index contributed by atoms with van der Waals surface area (Å²) < 4.78 is 13.1. The number of alkyl carbamates (subject to hydrolysis) is 1. The van der Waals surface area contributed by atoms with E-state index in [-0.39, 0.29) is 12.8 Å². The maximum atomic E-state index is 12.3. The van der Waals surface area contributed by atoms with E-state index in [0.717, 1.165) is 27.8 Å². The van der Waals surface area contributed by atoms with Crippen LogP contribution in [0.4, 0.5) is 4.79 Å². The Bertz CT molecular complexity index is 1130. The smallest absolute Gasteiger partial charge is 0.409 e. The van der Waals surface area contributed by atoms with Gasteiger partial charge in [-0.3, -0.25) is 5.32 Å². The number of carbonyl (C=O) groups is 1. The van der Waals surface area contributed by atoms with Gasteiger partial charge in [-0.1, -0.05) is 67.6 Å². The molecule has 6 nitrogen and oxygen atoms in total. The highest BCUT2D eigenvalue weighted by Gasteiger charge is 2.17. The van der Waals surface area contributed by atoms with Gasteiger partial charge in [0.05, 0.1) is 11.7 Å². The molecule has 1 amide bonds. The van der Waals surface area contributed by atoms with Crippen molar-refractivity contribution in [1.82, 2.24) is 15.1 Å². The van der Waals surface area contributed by atoms with Crippen molar-refractivity contribution < 1.29 is 14.3 Å². The van der Waals surface area contributed by atoms with Gasteiger partial charge >= 0.3 is 6.09 Å². The Morgan fingerprint density at radius 1 is 0.968 bits per heavy atom. The summed E-state index contributed by atoms with van der Waals surface area (Å²) in [5.41, 5.74) is 2.93. The molecule has 0 saturated heterocycles. The van der Waals surface area contributed by atoms with Crippen LogP contribution in [0.3, 0.4) is 0 Å². The number of nitrogens with zero attached hydrogens (tertiary/aromatic N) is 2. The summed E-state index contributed by atoms with van der Waals surface area (Å²) in [6.07, 6.45) is 1.64. The summed E-state index contributed by atoms with van der Waals surface area (Å²) >= 11 is 0. The number of amides is 1. The topological polar surface area (TPSA) is 65.4 Å². The quantitative estimate of drug-likeness (QED) is 0.416.